The van der Waals surface area contributed by atoms with Gasteiger partial charge in [0.2, 0.25) is 5.91 Å². The maximum absolute atomic E-state index is 13.5. The van der Waals surface area contributed by atoms with Crippen molar-refractivity contribution in [2.75, 3.05) is 16.6 Å². The third-order valence-corrected chi connectivity index (χ3v) is 5.84. The Kier molecular flexibility index (Phi) is 5.22. The van der Waals surface area contributed by atoms with Gasteiger partial charge in [0.15, 0.2) is 17.6 Å². The highest BCUT2D eigenvalue weighted by molar-refractivity contribution is 6.23. The molecule has 3 aromatic carbocycles. The quantitative estimate of drug-likeness (QED) is 0.595. The Morgan fingerprint density at radius 2 is 1.70 bits per heavy atom. The number of rotatable bonds is 5. The monoisotopic (exact) mass is 448 g/mol. The third kappa shape index (κ3) is 3.48. The zero-order chi connectivity index (χ0) is 23.1. The highest BCUT2D eigenvalue weighted by atomic mass is 19.1. The minimum Gasteiger partial charge on any atom is -0.504 e. The lowest BCUT2D eigenvalue weighted by molar-refractivity contribution is -0.126. The SMILES string of the molecule is CCOc1cc([C@@H]2[C@H]3C(=O)N(c4ccc(F)cc4)C(=O)[C@H]3ON2c2ccccc2)ccc1O. The molecule has 2 amide bonds. The van der Waals surface area contributed by atoms with E-state index >= 15 is 0 Å². The Balaban J connectivity index is 1.59. The van der Waals surface area contributed by atoms with Crippen LogP contribution in [0.5, 0.6) is 11.5 Å². The van der Waals surface area contributed by atoms with E-state index in [0.717, 1.165) is 4.90 Å². The smallest absolute Gasteiger partial charge is 0.266 e. The fourth-order valence-electron chi connectivity index (χ4n) is 4.38. The maximum atomic E-state index is 13.5. The van der Waals surface area contributed by atoms with Gasteiger partial charge in [-0.25, -0.2) is 14.4 Å². The summed E-state index contributed by atoms with van der Waals surface area (Å²) in [6, 6.07) is 18.5. The maximum Gasteiger partial charge on any atom is 0.266 e. The van der Waals surface area contributed by atoms with Gasteiger partial charge in [0.05, 0.1) is 24.0 Å². The summed E-state index contributed by atoms with van der Waals surface area (Å²) in [4.78, 5) is 33.9. The van der Waals surface area contributed by atoms with Gasteiger partial charge in [-0.2, -0.15) is 0 Å². The number of hydroxylamine groups is 1. The number of carbonyl (C=O) groups is 2. The summed E-state index contributed by atoms with van der Waals surface area (Å²) in [5.41, 5.74) is 1.61. The molecular weight excluding hydrogens is 427 g/mol. The summed E-state index contributed by atoms with van der Waals surface area (Å²) in [5.74, 6) is -2.01. The summed E-state index contributed by atoms with van der Waals surface area (Å²) in [6.45, 7) is 2.15. The molecule has 7 nitrogen and oxygen atoms in total. The van der Waals surface area contributed by atoms with E-state index in [1.165, 1.54) is 30.3 Å². The van der Waals surface area contributed by atoms with Gasteiger partial charge in [-0.15, -0.1) is 0 Å². The van der Waals surface area contributed by atoms with Crippen molar-refractivity contribution in [3.63, 3.8) is 0 Å². The molecule has 2 fully saturated rings. The molecule has 2 heterocycles. The van der Waals surface area contributed by atoms with E-state index in [1.54, 1.807) is 24.1 Å². The number of carbonyl (C=O) groups excluding carboxylic acids is 2. The molecule has 0 bridgehead atoms. The van der Waals surface area contributed by atoms with Crippen molar-refractivity contribution in [1.82, 2.24) is 0 Å². The number of phenolic OH excluding ortho intramolecular Hbond substituents is 1. The molecular formula is C25H21FN2O5. The number of ether oxygens (including phenoxy) is 1. The average molecular weight is 448 g/mol. The lowest BCUT2D eigenvalue weighted by Gasteiger charge is -2.29. The second-order valence-electron chi connectivity index (χ2n) is 7.81. The number of phenols is 1. The summed E-state index contributed by atoms with van der Waals surface area (Å²) >= 11 is 0. The van der Waals surface area contributed by atoms with Crippen LogP contribution in [0.3, 0.4) is 0 Å². The first-order valence-corrected chi connectivity index (χ1v) is 10.6. The van der Waals surface area contributed by atoms with Gasteiger partial charge in [0, 0.05) is 0 Å². The van der Waals surface area contributed by atoms with Gasteiger partial charge >= 0.3 is 0 Å². The standard InChI is InChI=1S/C25H21FN2O5/c1-2-32-20-14-15(8-13-19(20)29)22-21-23(33-28(22)18-6-4-3-5-7-18)25(31)27(24(21)30)17-11-9-16(26)10-12-17/h3-14,21-23,29H,2H2,1H3/t21-,22-,23+/m1/s1. The van der Waals surface area contributed by atoms with E-state index in [9.17, 15) is 19.1 Å². The number of hydrogen-bond acceptors (Lipinski definition) is 6. The molecule has 0 aromatic heterocycles. The number of hydrogen-bond donors (Lipinski definition) is 1. The van der Waals surface area contributed by atoms with Crippen LogP contribution < -0.4 is 14.7 Å². The molecule has 2 saturated heterocycles. The molecule has 0 radical (unpaired) electrons. The van der Waals surface area contributed by atoms with Crippen LogP contribution in [0.25, 0.3) is 0 Å². The number of nitrogens with zero attached hydrogens (tertiary/aromatic N) is 2. The molecule has 8 heteroatoms. The molecule has 1 N–H and O–H groups in total. The molecule has 5 rings (SSSR count). The van der Waals surface area contributed by atoms with Crippen LogP contribution in [0, 0.1) is 11.7 Å². The Morgan fingerprint density at radius 1 is 0.970 bits per heavy atom. The minimum atomic E-state index is -1.04. The van der Waals surface area contributed by atoms with Gasteiger partial charge in [0.25, 0.3) is 5.91 Å². The highest BCUT2D eigenvalue weighted by Crippen LogP contribution is 2.48. The molecule has 0 unspecified atom stereocenters. The van der Waals surface area contributed by atoms with E-state index < -0.39 is 35.7 Å². The van der Waals surface area contributed by atoms with Gasteiger partial charge in [0.1, 0.15) is 11.7 Å². The van der Waals surface area contributed by atoms with E-state index in [4.69, 9.17) is 9.57 Å². The second kappa shape index (κ2) is 8.22. The first-order chi connectivity index (χ1) is 16.0. The Bertz CT molecular complexity index is 1200. The summed E-state index contributed by atoms with van der Waals surface area (Å²) in [5, 5.41) is 11.7. The molecule has 33 heavy (non-hydrogen) atoms. The van der Waals surface area contributed by atoms with E-state index in [2.05, 4.69) is 0 Å². The number of para-hydroxylation sites is 1. The number of imide groups is 1. The summed E-state index contributed by atoms with van der Waals surface area (Å²) < 4.78 is 18.9. The lowest BCUT2D eigenvalue weighted by Crippen LogP contribution is -2.37. The number of anilines is 2. The number of halogens is 1. The topological polar surface area (TPSA) is 79.3 Å². The zero-order valence-corrected chi connectivity index (χ0v) is 17.7. The predicted molar refractivity (Wildman–Crippen MR) is 118 cm³/mol. The van der Waals surface area contributed by atoms with Crippen LogP contribution in [0.15, 0.2) is 72.8 Å². The molecule has 0 spiro atoms. The van der Waals surface area contributed by atoms with E-state index in [-0.39, 0.29) is 17.2 Å². The van der Waals surface area contributed by atoms with Crippen molar-refractivity contribution in [2.24, 2.45) is 5.92 Å². The van der Waals surface area contributed by atoms with E-state index in [1.807, 2.05) is 30.3 Å². The molecule has 0 aliphatic carbocycles. The van der Waals surface area contributed by atoms with Gasteiger partial charge in [-0.05, 0) is 61.0 Å². The number of benzene rings is 3. The number of aromatic hydroxyl groups is 1. The molecule has 3 aromatic rings. The lowest BCUT2D eigenvalue weighted by atomic mass is 9.90. The molecule has 2 aliphatic heterocycles. The largest absolute Gasteiger partial charge is 0.504 e. The van der Waals surface area contributed by atoms with Gasteiger partial charge < -0.3 is 9.84 Å². The fourth-order valence-corrected chi connectivity index (χ4v) is 4.38. The van der Waals surface area contributed by atoms with Crippen LogP contribution in [0.2, 0.25) is 0 Å². The molecule has 3 atom stereocenters. The van der Waals surface area contributed by atoms with Crippen LogP contribution in [-0.4, -0.2) is 29.6 Å². The van der Waals surface area contributed by atoms with Crippen molar-refractivity contribution in [3.8, 4) is 11.5 Å². The highest BCUT2D eigenvalue weighted by Gasteiger charge is 2.60. The number of amides is 2. The Morgan fingerprint density at radius 3 is 2.39 bits per heavy atom. The first kappa shape index (κ1) is 21.0. The fraction of sp³-hybridized carbons (Fsp3) is 0.200. The Hall–Kier alpha value is -3.91. The molecule has 168 valence electrons. The second-order valence-corrected chi connectivity index (χ2v) is 7.81. The Labute approximate surface area is 189 Å². The van der Waals surface area contributed by atoms with Crippen molar-refractivity contribution in [3.05, 3.63) is 84.2 Å². The van der Waals surface area contributed by atoms with Gasteiger partial charge in [-0.3, -0.25) is 14.4 Å². The predicted octanol–water partition coefficient (Wildman–Crippen LogP) is 3.98. The van der Waals surface area contributed by atoms with Crippen molar-refractivity contribution in [1.29, 1.82) is 0 Å². The molecule has 0 saturated carbocycles. The van der Waals surface area contributed by atoms with Crippen LogP contribution in [0.1, 0.15) is 18.5 Å². The van der Waals surface area contributed by atoms with Crippen LogP contribution in [0.4, 0.5) is 15.8 Å². The zero-order valence-electron chi connectivity index (χ0n) is 17.7. The van der Waals surface area contributed by atoms with Crippen molar-refractivity contribution in [2.45, 2.75) is 19.1 Å². The van der Waals surface area contributed by atoms with Gasteiger partial charge in [-0.1, -0.05) is 24.3 Å². The first-order valence-electron chi connectivity index (χ1n) is 10.6. The summed E-state index contributed by atoms with van der Waals surface area (Å²) in [7, 11) is 0. The van der Waals surface area contributed by atoms with E-state index in [0.29, 0.717) is 17.9 Å². The van der Waals surface area contributed by atoms with Crippen LogP contribution in [-0.2, 0) is 14.4 Å². The molecule has 2 aliphatic rings. The summed E-state index contributed by atoms with van der Waals surface area (Å²) in [6.07, 6.45) is -1.04. The minimum absolute atomic E-state index is 0.0240. The average Bonchev–Trinajstić information content (AvgIpc) is 3.33. The normalized spacial score (nSPS) is 22.1. The van der Waals surface area contributed by atoms with Crippen molar-refractivity contribution < 1.29 is 28.7 Å². The van der Waals surface area contributed by atoms with Crippen LogP contribution >= 0.6 is 0 Å². The van der Waals surface area contributed by atoms with Crippen molar-refractivity contribution >= 4 is 23.2 Å². The third-order valence-electron chi connectivity index (χ3n) is 5.84. The number of fused-ring (bicyclic) bond motifs is 1.